The first-order valence-electron chi connectivity index (χ1n) is 8.54. The van der Waals surface area contributed by atoms with E-state index in [1.54, 1.807) is 6.07 Å². The number of halogens is 4. The number of ether oxygens (including phenoxy) is 1. The minimum atomic E-state index is -1.26. The summed E-state index contributed by atoms with van der Waals surface area (Å²) in [6.45, 7) is -0.0938. The number of hydrogen-bond donors (Lipinski definition) is 3. The Morgan fingerprint density at radius 2 is 1.90 bits per heavy atom. The summed E-state index contributed by atoms with van der Waals surface area (Å²) in [5, 5.41) is 19.5. The van der Waals surface area contributed by atoms with E-state index in [4.69, 9.17) is 24.2 Å². The van der Waals surface area contributed by atoms with Crippen molar-refractivity contribution in [2.75, 3.05) is 19.0 Å². The first-order chi connectivity index (χ1) is 14.3. The molecule has 0 radical (unpaired) electrons. The van der Waals surface area contributed by atoms with Crippen molar-refractivity contribution in [1.82, 2.24) is 0 Å². The van der Waals surface area contributed by atoms with Crippen molar-refractivity contribution in [3.05, 3.63) is 56.9 Å². The average molecular weight is 622 g/mol. The maximum absolute atomic E-state index is 13.7. The van der Waals surface area contributed by atoms with Crippen LogP contribution >= 0.6 is 22.6 Å². The van der Waals surface area contributed by atoms with Gasteiger partial charge >= 0.3 is 22.4 Å². The molecule has 30 heavy (non-hydrogen) atoms. The second kappa shape index (κ2) is 13.2. The van der Waals surface area contributed by atoms with Gasteiger partial charge < -0.3 is 31.9 Å². The van der Waals surface area contributed by atoms with Gasteiger partial charge in [-0.3, -0.25) is 0 Å². The Kier molecular flexibility index (Phi) is 11.8. The summed E-state index contributed by atoms with van der Waals surface area (Å²) in [6.07, 6.45) is 2.55. The van der Waals surface area contributed by atoms with Gasteiger partial charge in [-0.25, -0.2) is 26.0 Å². The van der Waals surface area contributed by atoms with Crippen LogP contribution in [0.25, 0.3) is 5.73 Å². The first kappa shape index (κ1) is 26.8. The summed E-state index contributed by atoms with van der Waals surface area (Å²) in [6, 6.07) is 4.99. The van der Waals surface area contributed by atoms with Gasteiger partial charge in [-0.2, -0.15) is 0 Å². The van der Waals surface area contributed by atoms with E-state index in [1.165, 1.54) is 25.2 Å². The molecule has 0 spiro atoms. The van der Waals surface area contributed by atoms with Crippen LogP contribution in [-0.4, -0.2) is 30.0 Å². The third-order valence-corrected chi connectivity index (χ3v) is 4.60. The first-order valence-corrected chi connectivity index (χ1v) is 10.4. The molecule has 1 aliphatic carbocycles. The van der Waals surface area contributed by atoms with E-state index >= 15 is 0 Å². The normalized spacial score (nSPS) is 13.3. The van der Waals surface area contributed by atoms with Crippen LogP contribution in [0, 0.1) is 26.9 Å². The van der Waals surface area contributed by atoms with Crippen molar-refractivity contribution >= 4 is 39.7 Å². The average Bonchev–Trinajstić information content (AvgIpc) is 3.55. The molecule has 0 saturated heterocycles. The second-order valence-electron chi connectivity index (χ2n) is 6.16. The standard InChI is InChI=1S/C13H9F3IN2O.C6H11O2.O.Tc/c1-20-10-5-8(15)11(16)13(12(10)18)19-9-3-2-6(17)4-7(9)14;7-4-6(8)3-5-1-2-5;;/h2-5,18-19H,1H3;6-8H,1-4H2;;/q2*-1;;+2/t;6-;;/m.0../s1. The van der Waals surface area contributed by atoms with Gasteiger partial charge in [-0.15, -0.1) is 6.42 Å². The molecular weight excluding hydrogens is 602 g/mol. The Balaban J connectivity index is 0.000000375. The van der Waals surface area contributed by atoms with E-state index in [2.05, 4.69) is 5.32 Å². The molecule has 0 aliphatic heterocycles. The van der Waals surface area contributed by atoms with E-state index in [9.17, 15) is 13.2 Å². The number of anilines is 2. The fourth-order valence-corrected chi connectivity index (χ4v) is 2.75. The summed E-state index contributed by atoms with van der Waals surface area (Å²) >= 11 is 2.82. The van der Waals surface area contributed by atoms with Gasteiger partial charge in [-0.05, 0) is 40.8 Å². The molecule has 1 atom stereocenters. The number of methoxy groups -OCH3 is 1. The zero-order valence-corrected chi connectivity index (χ0v) is 19.8. The van der Waals surface area contributed by atoms with Gasteiger partial charge in [0, 0.05) is 9.64 Å². The molecule has 0 amide bonds. The van der Waals surface area contributed by atoms with Crippen LogP contribution in [0.3, 0.4) is 0 Å². The summed E-state index contributed by atoms with van der Waals surface area (Å²) in [5.74, 6) is -1.80. The number of nitrogens with one attached hydrogen (secondary N) is 2. The van der Waals surface area contributed by atoms with Gasteiger partial charge in [0.2, 0.25) is 0 Å². The number of rotatable bonds is 6. The SMILES string of the molecule is COc1cc(F)c(F)c(Nc2ccc(I)cc2F)c1[NH-].OC[C@@H](O)C[C-]1CC1.[O]=[Tc+2]. The molecule has 11 heteroatoms. The second-order valence-corrected chi connectivity index (χ2v) is 7.41. The van der Waals surface area contributed by atoms with Crippen LogP contribution < -0.4 is 10.1 Å². The molecule has 1 fully saturated rings. The molecule has 3 rings (SSSR count). The molecule has 165 valence electrons. The summed E-state index contributed by atoms with van der Waals surface area (Å²) < 4.78 is 54.5. The van der Waals surface area contributed by atoms with Crippen molar-refractivity contribution in [3.8, 4) is 5.75 Å². The van der Waals surface area contributed by atoms with Crippen LogP contribution in [0.5, 0.6) is 5.75 Å². The van der Waals surface area contributed by atoms with E-state index < -0.39 is 29.2 Å². The van der Waals surface area contributed by atoms with Crippen LogP contribution in [0.1, 0.15) is 19.3 Å². The molecule has 1 saturated carbocycles. The number of benzene rings is 2. The van der Waals surface area contributed by atoms with Gasteiger partial charge in [-0.1, -0.05) is 5.69 Å². The van der Waals surface area contributed by atoms with E-state index in [1.807, 2.05) is 22.6 Å². The van der Waals surface area contributed by atoms with Crippen molar-refractivity contribution in [2.24, 2.45) is 0 Å². The quantitative estimate of drug-likeness (QED) is 0.307. The Labute approximate surface area is 196 Å². The predicted octanol–water partition coefficient (Wildman–Crippen LogP) is 5.12. The molecule has 0 bridgehead atoms. The Bertz CT molecular complexity index is 844. The molecule has 0 aromatic heterocycles. The number of hydrogen-bond acceptors (Lipinski definition) is 5. The molecule has 2 aromatic carbocycles. The number of aliphatic hydroxyl groups is 2. The van der Waals surface area contributed by atoms with Gasteiger partial charge in [0.25, 0.3) is 0 Å². The third kappa shape index (κ3) is 8.10. The molecule has 4 N–H and O–H groups in total. The molecular formula is C19H20F3IN2O4Tc. The van der Waals surface area contributed by atoms with Gasteiger partial charge in [0.1, 0.15) is 11.6 Å². The number of aliphatic hydroxyl groups excluding tert-OH is 2. The van der Waals surface area contributed by atoms with Crippen molar-refractivity contribution in [1.29, 1.82) is 0 Å². The molecule has 0 heterocycles. The van der Waals surface area contributed by atoms with Crippen molar-refractivity contribution < 1.29 is 50.5 Å². The van der Waals surface area contributed by atoms with Gasteiger partial charge in [0.05, 0.1) is 31.2 Å². The monoisotopic (exact) mass is 621 g/mol. The van der Waals surface area contributed by atoms with Crippen LogP contribution in [-0.2, 0) is 22.4 Å². The zero-order valence-electron chi connectivity index (χ0n) is 15.8. The minimum absolute atomic E-state index is 0.0505. The maximum atomic E-state index is 13.7. The van der Waals surface area contributed by atoms with Gasteiger partial charge in [0.15, 0.2) is 11.6 Å². The Morgan fingerprint density at radius 1 is 1.27 bits per heavy atom. The van der Waals surface area contributed by atoms with E-state index in [0.29, 0.717) is 3.57 Å². The summed E-state index contributed by atoms with van der Waals surface area (Å²) in [5.41, 5.74) is 6.82. The van der Waals surface area contributed by atoms with E-state index in [0.717, 1.165) is 44.2 Å². The van der Waals surface area contributed by atoms with E-state index in [-0.39, 0.29) is 23.7 Å². The topological polar surface area (TPSA) is 103 Å². The summed E-state index contributed by atoms with van der Waals surface area (Å²) in [7, 11) is 1.24. The predicted molar refractivity (Wildman–Crippen MR) is 110 cm³/mol. The van der Waals surface area contributed by atoms with Crippen LogP contribution in [0.4, 0.5) is 30.2 Å². The Hall–Kier alpha value is -1.27. The molecule has 2 aromatic rings. The fourth-order valence-electron chi connectivity index (χ4n) is 2.30. The Morgan fingerprint density at radius 3 is 2.40 bits per heavy atom. The third-order valence-electron chi connectivity index (χ3n) is 3.93. The molecule has 1 aliphatic rings. The van der Waals surface area contributed by atoms with Crippen LogP contribution in [0.2, 0.25) is 0 Å². The molecule has 0 unspecified atom stereocenters. The van der Waals surface area contributed by atoms with Crippen LogP contribution in [0.15, 0.2) is 24.3 Å². The summed E-state index contributed by atoms with van der Waals surface area (Å²) in [4.78, 5) is 0. The van der Waals surface area contributed by atoms with Crippen molar-refractivity contribution in [2.45, 2.75) is 25.4 Å². The molecule has 6 nitrogen and oxygen atoms in total. The fraction of sp³-hybridized carbons (Fsp3) is 0.316. The van der Waals surface area contributed by atoms with Crippen molar-refractivity contribution in [3.63, 3.8) is 0 Å². The zero-order chi connectivity index (χ0) is 22.8.